The molecule has 1 fully saturated rings. The van der Waals surface area contributed by atoms with Gasteiger partial charge in [-0.1, -0.05) is 11.6 Å². The molecule has 0 unspecified atom stereocenters. The van der Waals surface area contributed by atoms with Crippen molar-refractivity contribution >= 4 is 28.8 Å². The van der Waals surface area contributed by atoms with E-state index in [1.54, 1.807) is 4.90 Å². The summed E-state index contributed by atoms with van der Waals surface area (Å²) < 4.78 is 0.755. The van der Waals surface area contributed by atoms with Crippen LogP contribution in [0.5, 0.6) is 0 Å². The number of thiophene rings is 1. The van der Waals surface area contributed by atoms with Gasteiger partial charge < -0.3 is 10.0 Å². The second kappa shape index (κ2) is 8.10. The van der Waals surface area contributed by atoms with Gasteiger partial charge in [0.25, 0.3) is 0 Å². The number of rotatable bonds is 6. The van der Waals surface area contributed by atoms with Gasteiger partial charge in [-0.05, 0) is 12.1 Å². The van der Waals surface area contributed by atoms with E-state index in [-0.39, 0.29) is 12.5 Å². The molecular weight excluding hydrogens is 310 g/mol. The summed E-state index contributed by atoms with van der Waals surface area (Å²) >= 11 is 7.42. The van der Waals surface area contributed by atoms with Crippen molar-refractivity contribution in [1.29, 1.82) is 0 Å². The van der Waals surface area contributed by atoms with E-state index < -0.39 is 0 Å². The third-order valence-electron chi connectivity index (χ3n) is 3.69. The highest BCUT2D eigenvalue weighted by atomic mass is 35.5. The van der Waals surface area contributed by atoms with Crippen molar-refractivity contribution in [3.63, 3.8) is 0 Å². The molecule has 0 bridgehead atoms. The van der Waals surface area contributed by atoms with Gasteiger partial charge in [0, 0.05) is 44.6 Å². The van der Waals surface area contributed by atoms with E-state index in [4.69, 9.17) is 16.7 Å². The van der Waals surface area contributed by atoms with E-state index >= 15 is 0 Å². The molecule has 1 aliphatic rings. The van der Waals surface area contributed by atoms with Crippen molar-refractivity contribution in [3.05, 3.63) is 21.3 Å². The zero-order valence-corrected chi connectivity index (χ0v) is 13.9. The Morgan fingerprint density at radius 1 is 1.33 bits per heavy atom. The third kappa shape index (κ3) is 5.23. The highest BCUT2D eigenvalue weighted by Crippen LogP contribution is 2.22. The molecule has 1 amide bonds. The summed E-state index contributed by atoms with van der Waals surface area (Å²) in [5, 5.41) is 8.92. The largest absolute Gasteiger partial charge is 0.395 e. The van der Waals surface area contributed by atoms with Crippen LogP contribution in [0.4, 0.5) is 0 Å². The van der Waals surface area contributed by atoms with Crippen LogP contribution < -0.4 is 0 Å². The SMILES string of the molecule is CN(Cc1ccc(Cl)s1)C(=O)CN1CCN(CCO)CC1. The van der Waals surface area contributed by atoms with Crippen molar-refractivity contribution in [3.8, 4) is 0 Å². The predicted octanol–water partition coefficient (Wildman–Crippen LogP) is 0.970. The molecule has 1 saturated heterocycles. The molecule has 0 atom stereocenters. The van der Waals surface area contributed by atoms with Gasteiger partial charge in [0.1, 0.15) is 0 Å². The first-order valence-electron chi connectivity index (χ1n) is 7.12. The van der Waals surface area contributed by atoms with Crippen LogP contribution in [-0.4, -0.2) is 78.6 Å². The van der Waals surface area contributed by atoms with Crippen LogP contribution >= 0.6 is 22.9 Å². The number of hydrogen-bond donors (Lipinski definition) is 1. The quantitative estimate of drug-likeness (QED) is 0.844. The molecule has 0 saturated carbocycles. The van der Waals surface area contributed by atoms with Crippen LogP contribution in [0.1, 0.15) is 4.88 Å². The fraction of sp³-hybridized carbons (Fsp3) is 0.643. The second-order valence-electron chi connectivity index (χ2n) is 5.30. The number of hydrogen-bond acceptors (Lipinski definition) is 5. The van der Waals surface area contributed by atoms with Gasteiger partial charge in [0.2, 0.25) is 5.91 Å². The maximum Gasteiger partial charge on any atom is 0.236 e. The zero-order valence-electron chi connectivity index (χ0n) is 12.3. The molecule has 0 aliphatic carbocycles. The normalized spacial score (nSPS) is 17.1. The number of amides is 1. The monoisotopic (exact) mass is 331 g/mol. The van der Waals surface area contributed by atoms with Gasteiger partial charge in [0.05, 0.1) is 24.0 Å². The van der Waals surface area contributed by atoms with Crippen LogP contribution in [-0.2, 0) is 11.3 Å². The van der Waals surface area contributed by atoms with Crippen LogP contribution in [0.2, 0.25) is 4.34 Å². The van der Waals surface area contributed by atoms with E-state index in [1.165, 1.54) is 11.3 Å². The Morgan fingerprint density at radius 3 is 2.57 bits per heavy atom. The maximum absolute atomic E-state index is 12.2. The first-order valence-corrected chi connectivity index (χ1v) is 8.31. The first kappa shape index (κ1) is 16.7. The summed E-state index contributed by atoms with van der Waals surface area (Å²) in [4.78, 5) is 19.5. The number of aliphatic hydroxyl groups excluding tert-OH is 1. The van der Waals surface area contributed by atoms with Crippen LogP contribution in [0.3, 0.4) is 0 Å². The fourth-order valence-electron chi connectivity index (χ4n) is 2.38. The topological polar surface area (TPSA) is 47.0 Å². The number of nitrogens with zero attached hydrogens (tertiary/aromatic N) is 3. The summed E-state index contributed by atoms with van der Waals surface area (Å²) in [6, 6.07) is 3.82. The molecule has 5 nitrogen and oxygen atoms in total. The van der Waals surface area contributed by atoms with Gasteiger partial charge in [-0.3, -0.25) is 14.6 Å². The van der Waals surface area contributed by atoms with E-state index in [0.717, 1.165) is 41.9 Å². The second-order valence-corrected chi connectivity index (χ2v) is 7.10. The molecule has 1 aromatic rings. The van der Waals surface area contributed by atoms with E-state index in [1.807, 2.05) is 19.2 Å². The van der Waals surface area contributed by atoms with Crippen LogP contribution in [0.15, 0.2) is 12.1 Å². The minimum absolute atomic E-state index is 0.134. The Hall–Kier alpha value is -0.660. The van der Waals surface area contributed by atoms with E-state index in [0.29, 0.717) is 13.1 Å². The average molecular weight is 332 g/mol. The van der Waals surface area contributed by atoms with Gasteiger partial charge in [0.15, 0.2) is 0 Å². The number of β-amino-alcohol motifs (C(OH)–C–C–N with tert-alkyl or cyclic N) is 1. The summed E-state index contributed by atoms with van der Waals surface area (Å²) in [6.45, 7) is 5.58. The van der Waals surface area contributed by atoms with E-state index in [2.05, 4.69) is 9.80 Å². The highest BCUT2D eigenvalue weighted by molar-refractivity contribution is 7.16. The van der Waals surface area contributed by atoms with Crippen molar-refractivity contribution in [2.45, 2.75) is 6.54 Å². The summed E-state index contributed by atoms with van der Waals surface area (Å²) in [7, 11) is 1.83. The molecular formula is C14H22ClN3O2S. The Labute approximate surface area is 134 Å². The molecule has 118 valence electrons. The third-order valence-corrected chi connectivity index (χ3v) is 4.90. The standard InChI is InChI=1S/C14H22ClN3O2S/c1-16(10-12-2-3-13(15)21-12)14(20)11-18-6-4-17(5-7-18)8-9-19/h2-3,19H,4-11H2,1H3. The van der Waals surface area contributed by atoms with Gasteiger partial charge >= 0.3 is 0 Å². The highest BCUT2D eigenvalue weighted by Gasteiger charge is 2.20. The number of carbonyl (C=O) groups excluding carboxylic acids is 1. The Morgan fingerprint density at radius 2 is 2.00 bits per heavy atom. The Balaban J connectivity index is 1.74. The molecule has 7 heteroatoms. The molecule has 2 rings (SSSR count). The maximum atomic E-state index is 12.2. The molecule has 1 aromatic heterocycles. The molecule has 21 heavy (non-hydrogen) atoms. The molecule has 0 aromatic carbocycles. The number of carbonyl (C=O) groups is 1. The minimum Gasteiger partial charge on any atom is -0.395 e. The Kier molecular flexibility index (Phi) is 6.44. The average Bonchev–Trinajstić information content (AvgIpc) is 2.86. The Bertz CT molecular complexity index is 461. The van der Waals surface area contributed by atoms with Crippen molar-refractivity contribution in [1.82, 2.24) is 14.7 Å². The van der Waals surface area contributed by atoms with Crippen molar-refractivity contribution in [2.24, 2.45) is 0 Å². The van der Waals surface area contributed by atoms with Crippen LogP contribution in [0, 0.1) is 0 Å². The van der Waals surface area contributed by atoms with Crippen molar-refractivity contribution < 1.29 is 9.90 Å². The molecule has 0 radical (unpaired) electrons. The smallest absolute Gasteiger partial charge is 0.236 e. The summed E-state index contributed by atoms with van der Waals surface area (Å²) in [5.41, 5.74) is 0. The summed E-state index contributed by atoms with van der Waals surface area (Å²) in [6.07, 6.45) is 0. The lowest BCUT2D eigenvalue weighted by molar-refractivity contribution is -0.132. The summed E-state index contributed by atoms with van der Waals surface area (Å²) in [5.74, 6) is 0.134. The molecule has 1 N–H and O–H groups in total. The molecule has 1 aliphatic heterocycles. The van der Waals surface area contributed by atoms with Crippen molar-refractivity contribution in [2.75, 3.05) is 52.9 Å². The lowest BCUT2D eigenvalue weighted by Gasteiger charge is -2.34. The predicted molar refractivity (Wildman–Crippen MR) is 85.8 cm³/mol. The lowest BCUT2D eigenvalue weighted by atomic mass is 10.3. The fourth-order valence-corrected chi connectivity index (χ4v) is 3.52. The number of piperazine rings is 1. The minimum atomic E-state index is 0.134. The zero-order chi connectivity index (χ0) is 15.2. The van der Waals surface area contributed by atoms with Gasteiger partial charge in [-0.25, -0.2) is 0 Å². The molecule has 0 spiro atoms. The van der Waals surface area contributed by atoms with E-state index in [9.17, 15) is 4.79 Å². The van der Waals surface area contributed by atoms with Gasteiger partial charge in [-0.2, -0.15) is 0 Å². The van der Waals surface area contributed by atoms with Crippen LogP contribution in [0.25, 0.3) is 0 Å². The first-order chi connectivity index (χ1) is 10.1. The van der Waals surface area contributed by atoms with Gasteiger partial charge in [-0.15, -0.1) is 11.3 Å². The number of halogens is 1. The molecule has 2 heterocycles. The lowest BCUT2D eigenvalue weighted by Crippen LogP contribution is -2.50. The number of likely N-dealkylation sites (N-methyl/N-ethyl adjacent to an activating group) is 1. The number of aliphatic hydroxyl groups is 1.